The van der Waals surface area contributed by atoms with E-state index in [0.29, 0.717) is 18.2 Å². The van der Waals surface area contributed by atoms with Gasteiger partial charge in [-0.25, -0.2) is 4.98 Å². The van der Waals surface area contributed by atoms with Crippen LogP contribution in [0.3, 0.4) is 0 Å². The SMILES string of the molecule is N#Cc1cccc(OCCc2cccs2)n1. The normalized spacial score (nSPS) is 9.69. The first-order valence-electron chi connectivity index (χ1n) is 4.91. The maximum Gasteiger partial charge on any atom is 0.214 e. The van der Waals surface area contributed by atoms with Gasteiger partial charge in [0.1, 0.15) is 11.8 Å². The summed E-state index contributed by atoms with van der Waals surface area (Å²) in [4.78, 5) is 5.32. The molecule has 4 heteroatoms. The molecule has 0 unspecified atom stereocenters. The zero-order chi connectivity index (χ0) is 11.2. The second kappa shape index (κ2) is 5.29. The lowest BCUT2D eigenvalue weighted by Gasteiger charge is -2.03. The van der Waals surface area contributed by atoms with Crippen LogP contribution in [0.2, 0.25) is 0 Å². The zero-order valence-electron chi connectivity index (χ0n) is 8.59. The fourth-order valence-corrected chi connectivity index (χ4v) is 1.96. The molecule has 0 spiro atoms. The molecule has 80 valence electrons. The summed E-state index contributed by atoms with van der Waals surface area (Å²) in [5, 5.41) is 10.7. The third kappa shape index (κ3) is 2.81. The summed E-state index contributed by atoms with van der Waals surface area (Å²) in [6.07, 6.45) is 0.871. The number of nitrogens with zero attached hydrogens (tertiary/aromatic N) is 2. The van der Waals surface area contributed by atoms with Crippen molar-refractivity contribution in [2.24, 2.45) is 0 Å². The number of aromatic nitrogens is 1. The Morgan fingerprint density at radius 2 is 2.25 bits per heavy atom. The van der Waals surface area contributed by atoms with E-state index in [2.05, 4.69) is 11.1 Å². The highest BCUT2D eigenvalue weighted by molar-refractivity contribution is 7.09. The lowest BCUT2D eigenvalue weighted by molar-refractivity contribution is 0.310. The highest BCUT2D eigenvalue weighted by atomic mass is 32.1. The van der Waals surface area contributed by atoms with E-state index in [1.807, 2.05) is 17.5 Å². The Hall–Kier alpha value is -1.86. The number of nitriles is 1. The molecule has 0 amide bonds. The van der Waals surface area contributed by atoms with E-state index in [1.165, 1.54) is 4.88 Å². The predicted molar refractivity (Wildman–Crippen MR) is 62.5 cm³/mol. The van der Waals surface area contributed by atoms with E-state index in [0.717, 1.165) is 6.42 Å². The van der Waals surface area contributed by atoms with Crippen molar-refractivity contribution < 1.29 is 4.74 Å². The van der Waals surface area contributed by atoms with Crippen molar-refractivity contribution in [3.63, 3.8) is 0 Å². The smallest absolute Gasteiger partial charge is 0.214 e. The molecule has 2 aromatic heterocycles. The van der Waals surface area contributed by atoms with Crippen molar-refractivity contribution in [2.45, 2.75) is 6.42 Å². The minimum absolute atomic E-state index is 0.383. The van der Waals surface area contributed by atoms with Gasteiger partial charge in [0.15, 0.2) is 0 Å². The van der Waals surface area contributed by atoms with Gasteiger partial charge in [-0.3, -0.25) is 0 Å². The van der Waals surface area contributed by atoms with Crippen molar-refractivity contribution in [1.29, 1.82) is 5.26 Å². The van der Waals surface area contributed by atoms with Gasteiger partial charge < -0.3 is 4.74 Å². The molecule has 0 saturated carbocycles. The Labute approximate surface area is 97.9 Å². The third-order valence-electron chi connectivity index (χ3n) is 2.02. The first kappa shape index (κ1) is 10.7. The quantitative estimate of drug-likeness (QED) is 0.811. The van der Waals surface area contributed by atoms with Crippen LogP contribution in [0.25, 0.3) is 0 Å². The highest BCUT2D eigenvalue weighted by Gasteiger charge is 1.98. The number of pyridine rings is 1. The van der Waals surface area contributed by atoms with Crippen LogP contribution < -0.4 is 4.74 Å². The van der Waals surface area contributed by atoms with Gasteiger partial charge in [-0.2, -0.15) is 5.26 Å². The summed E-state index contributed by atoms with van der Waals surface area (Å²) in [7, 11) is 0. The van der Waals surface area contributed by atoms with Gasteiger partial charge in [0.25, 0.3) is 0 Å². The van der Waals surface area contributed by atoms with Crippen molar-refractivity contribution >= 4 is 11.3 Å². The first-order chi connectivity index (χ1) is 7.88. The molecule has 16 heavy (non-hydrogen) atoms. The van der Waals surface area contributed by atoms with Crippen LogP contribution in [0.4, 0.5) is 0 Å². The molecule has 0 saturated heterocycles. The number of ether oxygens (including phenoxy) is 1. The van der Waals surface area contributed by atoms with Crippen LogP contribution in [0, 0.1) is 11.3 Å². The van der Waals surface area contributed by atoms with Crippen molar-refractivity contribution in [1.82, 2.24) is 4.98 Å². The Balaban J connectivity index is 1.88. The van der Waals surface area contributed by atoms with Gasteiger partial charge >= 0.3 is 0 Å². The Morgan fingerprint density at radius 3 is 3.00 bits per heavy atom. The number of rotatable bonds is 4. The van der Waals surface area contributed by atoms with Crippen LogP contribution in [-0.2, 0) is 6.42 Å². The molecule has 3 nitrogen and oxygen atoms in total. The molecule has 0 fully saturated rings. The van der Waals surface area contributed by atoms with Gasteiger partial charge in [-0.15, -0.1) is 11.3 Å². The predicted octanol–water partition coefficient (Wildman–Crippen LogP) is 2.64. The lowest BCUT2D eigenvalue weighted by Crippen LogP contribution is -2.01. The molecule has 0 aliphatic rings. The van der Waals surface area contributed by atoms with Crippen LogP contribution in [0.5, 0.6) is 5.88 Å². The molecule has 2 aromatic rings. The van der Waals surface area contributed by atoms with E-state index in [9.17, 15) is 0 Å². The minimum atomic E-state index is 0.383. The minimum Gasteiger partial charge on any atom is -0.477 e. The Bertz CT molecular complexity index is 488. The standard InChI is InChI=1S/C12H10N2OS/c13-9-10-3-1-5-12(14-10)15-7-6-11-4-2-8-16-11/h1-5,8H,6-7H2. The molecule has 0 aliphatic carbocycles. The maximum atomic E-state index is 8.67. The maximum absolute atomic E-state index is 8.67. The fourth-order valence-electron chi connectivity index (χ4n) is 1.27. The average molecular weight is 230 g/mol. The monoisotopic (exact) mass is 230 g/mol. The molecular weight excluding hydrogens is 220 g/mol. The molecule has 2 rings (SSSR count). The van der Waals surface area contributed by atoms with E-state index in [-0.39, 0.29) is 0 Å². The molecule has 0 aromatic carbocycles. The van der Waals surface area contributed by atoms with E-state index >= 15 is 0 Å². The van der Waals surface area contributed by atoms with E-state index in [4.69, 9.17) is 10.00 Å². The molecule has 2 heterocycles. The summed E-state index contributed by atoms with van der Waals surface area (Å²) in [6, 6.07) is 11.3. The number of hydrogen-bond donors (Lipinski definition) is 0. The lowest BCUT2D eigenvalue weighted by atomic mass is 10.3. The molecular formula is C12H10N2OS. The topological polar surface area (TPSA) is 45.9 Å². The molecule has 0 atom stereocenters. The molecule has 0 bridgehead atoms. The fraction of sp³-hybridized carbons (Fsp3) is 0.167. The second-order valence-corrected chi connectivity index (χ2v) is 4.18. The van der Waals surface area contributed by atoms with Crippen molar-refractivity contribution in [3.05, 3.63) is 46.3 Å². The van der Waals surface area contributed by atoms with E-state index in [1.54, 1.807) is 29.5 Å². The van der Waals surface area contributed by atoms with Gasteiger partial charge in [-0.05, 0) is 17.5 Å². The summed E-state index contributed by atoms with van der Waals surface area (Å²) in [5.41, 5.74) is 0.383. The third-order valence-corrected chi connectivity index (χ3v) is 2.95. The van der Waals surface area contributed by atoms with Crippen molar-refractivity contribution in [2.75, 3.05) is 6.61 Å². The number of thiophene rings is 1. The van der Waals surface area contributed by atoms with Crippen LogP contribution in [-0.4, -0.2) is 11.6 Å². The summed E-state index contributed by atoms with van der Waals surface area (Å²) in [6.45, 7) is 0.586. The first-order valence-corrected chi connectivity index (χ1v) is 5.79. The number of hydrogen-bond acceptors (Lipinski definition) is 4. The van der Waals surface area contributed by atoms with Crippen molar-refractivity contribution in [3.8, 4) is 11.9 Å². The average Bonchev–Trinajstić information content (AvgIpc) is 2.82. The summed E-state index contributed by atoms with van der Waals surface area (Å²) in [5.74, 6) is 0.510. The van der Waals surface area contributed by atoms with Crippen LogP contribution >= 0.6 is 11.3 Å². The largest absolute Gasteiger partial charge is 0.477 e. The summed E-state index contributed by atoms with van der Waals surface area (Å²) < 4.78 is 5.47. The Morgan fingerprint density at radius 1 is 1.31 bits per heavy atom. The highest BCUT2D eigenvalue weighted by Crippen LogP contribution is 2.11. The zero-order valence-corrected chi connectivity index (χ0v) is 9.41. The molecule has 0 radical (unpaired) electrons. The van der Waals surface area contributed by atoms with Gasteiger partial charge in [0, 0.05) is 17.4 Å². The van der Waals surface area contributed by atoms with Crippen LogP contribution in [0.15, 0.2) is 35.7 Å². The van der Waals surface area contributed by atoms with E-state index < -0.39 is 0 Å². The second-order valence-electron chi connectivity index (χ2n) is 3.15. The molecule has 0 aliphatic heterocycles. The van der Waals surface area contributed by atoms with Gasteiger partial charge in [0.2, 0.25) is 5.88 Å². The summed E-state index contributed by atoms with van der Waals surface area (Å²) >= 11 is 1.71. The van der Waals surface area contributed by atoms with Gasteiger partial charge in [0.05, 0.1) is 6.61 Å². The Kier molecular flexibility index (Phi) is 3.52. The molecule has 0 N–H and O–H groups in total. The van der Waals surface area contributed by atoms with Gasteiger partial charge in [-0.1, -0.05) is 12.1 Å². The van der Waals surface area contributed by atoms with Crippen LogP contribution in [0.1, 0.15) is 10.6 Å².